The molecule has 4 nitrogen and oxygen atoms in total. The highest BCUT2D eigenvalue weighted by Gasteiger charge is 2.16. The summed E-state index contributed by atoms with van der Waals surface area (Å²) in [6.07, 6.45) is 1.00. The molecule has 1 aromatic heterocycles. The van der Waals surface area contributed by atoms with Crippen LogP contribution in [0.25, 0.3) is 0 Å². The van der Waals surface area contributed by atoms with Crippen molar-refractivity contribution in [3.8, 4) is 6.07 Å². The molecule has 6 heteroatoms. The largest absolute Gasteiger partial charge is 0.324 e. The van der Waals surface area contributed by atoms with Crippen molar-refractivity contribution in [3.63, 3.8) is 0 Å². The number of amides is 1. The zero-order valence-electron chi connectivity index (χ0n) is 16.2. The number of carbonyl (C=O) groups excluding carboxylic acids is 1. The molecular formula is C23H23N3OS2. The number of benzene rings is 2. The average Bonchev–Trinajstić information content (AvgIpc) is 3.28. The molecule has 0 bridgehead atoms. The van der Waals surface area contributed by atoms with E-state index >= 15 is 0 Å². The van der Waals surface area contributed by atoms with Gasteiger partial charge in [0.1, 0.15) is 0 Å². The Kier molecular flexibility index (Phi) is 7.88. The van der Waals surface area contributed by atoms with E-state index < -0.39 is 0 Å². The summed E-state index contributed by atoms with van der Waals surface area (Å²) in [6, 6.07) is 22.3. The molecule has 0 spiro atoms. The van der Waals surface area contributed by atoms with Gasteiger partial charge in [0, 0.05) is 9.77 Å². The van der Waals surface area contributed by atoms with Gasteiger partial charge in [-0.15, -0.1) is 23.1 Å². The first kappa shape index (κ1) is 21.1. The van der Waals surface area contributed by atoms with Gasteiger partial charge < -0.3 is 5.32 Å². The standard InChI is InChI=1S/C23H23N3OS2/c1-2-17-9-11-18(12-10-17)23(21-8-5-14-28-21)25-16-22(27)26-19-6-3-4-7-20(19)29-15-13-24/h3-12,14,23,25H,2,15-16H2,1H3,(H,26,27)/t23-/m1/s1. The van der Waals surface area contributed by atoms with Gasteiger partial charge in [0.25, 0.3) is 0 Å². The number of para-hydroxylation sites is 1. The van der Waals surface area contributed by atoms with Crippen molar-refractivity contribution in [2.75, 3.05) is 17.6 Å². The van der Waals surface area contributed by atoms with Crippen LogP contribution in [0.2, 0.25) is 0 Å². The number of aryl methyl sites for hydroxylation is 1. The molecule has 0 aliphatic heterocycles. The van der Waals surface area contributed by atoms with E-state index in [2.05, 4.69) is 54.0 Å². The Bertz CT molecular complexity index is 963. The van der Waals surface area contributed by atoms with Gasteiger partial charge in [0.2, 0.25) is 5.91 Å². The Morgan fingerprint density at radius 3 is 2.62 bits per heavy atom. The SMILES string of the molecule is CCc1ccc([C@@H](NCC(=O)Nc2ccccc2SCC#N)c2cccs2)cc1. The molecular weight excluding hydrogens is 398 g/mol. The fourth-order valence-corrected chi connectivity index (χ4v) is 4.48. The van der Waals surface area contributed by atoms with Crippen molar-refractivity contribution in [3.05, 3.63) is 82.0 Å². The first-order chi connectivity index (χ1) is 14.2. The minimum absolute atomic E-state index is 0.0325. The molecule has 0 aliphatic rings. The van der Waals surface area contributed by atoms with E-state index in [-0.39, 0.29) is 18.5 Å². The Hall–Kier alpha value is -2.59. The highest BCUT2D eigenvalue weighted by Crippen LogP contribution is 2.28. The van der Waals surface area contributed by atoms with E-state index in [1.54, 1.807) is 11.3 Å². The fourth-order valence-electron chi connectivity index (χ4n) is 2.98. The quantitative estimate of drug-likeness (QED) is 0.464. The molecule has 3 rings (SSSR count). The van der Waals surface area contributed by atoms with E-state index in [4.69, 9.17) is 5.26 Å². The van der Waals surface area contributed by atoms with Crippen molar-refractivity contribution in [2.24, 2.45) is 0 Å². The number of nitrogens with zero attached hydrogens (tertiary/aromatic N) is 1. The molecule has 3 aromatic rings. The molecule has 0 fully saturated rings. The smallest absolute Gasteiger partial charge is 0.238 e. The zero-order valence-corrected chi connectivity index (χ0v) is 17.9. The summed E-state index contributed by atoms with van der Waals surface area (Å²) in [5.74, 6) is 0.237. The number of hydrogen-bond acceptors (Lipinski definition) is 5. The molecule has 2 aromatic carbocycles. The molecule has 0 unspecified atom stereocenters. The van der Waals surface area contributed by atoms with Crippen molar-refractivity contribution >= 4 is 34.7 Å². The second kappa shape index (κ2) is 10.8. The summed E-state index contributed by atoms with van der Waals surface area (Å²) in [4.78, 5) is 14.7. The Labute approximate surface area is 180 Å². The Balaban J connectivity index is 1.68. The van der Waals surface area contributed by atoms with Gasteiger partial charge in [-0.25, -0.2) is 0 Å². The molecule has 29 heavy (non-hydrogen) atoms. The highest BCUT2D eigenvalue weighted by atomic mass is 32.2. The number of hydrogen-bond donors (Lipinski definition) is 2. The first-order valence-electron chi connectivity index (χ1n) is 9.45. The Morgan fingerprint density at radius 1 is 1.14 bits per heavy atom. The molecule has 1 atom stereocenters. The van der Waals surface area contributed by atoms with Gasteiger partial charge in [-0.3, -0.25) is 10.1 Å². The van der Waals surface area contributed by atoms with Crippen molar-refractivity contribution in [2.45, 2.75) is 24.3 Å². The average molecular weight is 422 g/mol. The molecule has 148 valence electrons. The number of carbonyl (C=O) groups is 1. The van der Waals surface area contributed by atoms with Crippen LogP contribution in [-0.2, 0) is 11.2 Å². The van der Waals surface area contributed by atoms with E-state index in [1.807, 2.05) is 35.7 Å². The van der Waals surface area contributed by atoms with Crippen LogP contribution in [0, 0.1) is 11.3 Å². The topological polar surface area (TPSA) is 64.9 Å². The van der Waals surface area contributed by atoms with Crippen LogP contribution in [0.15, 0.2) is 70.9 Å². The van der Waals surface area contributed by atoms with Crippen LogP contribution >= 0.6 is 23.1 Å². The first-order valence-corrected chi connectivity index (χ1v) is 11.3. The van der Waals surface area contributed by atoms with Crippen molar-refractivity contribution in [1.82, 2.24) is 5.32 Å². The van der Waals surface area contributed by atoms with Gasteiger partial charge in [-0.2, -0.15) is 5.26 Å². The van der Waals surface area contributed by atoms with Crippen LogP contribution < -0.4 is 10.6 Å². The lowest BCUT2D eigenvalue weighted by Crippen LogP contribution is -2.31. The lowest BCUT2D eigenvalue weighted by Gasteiger charge is -2.19. The summed E-state index contributed by atoms with van der Waals surface area (Å²) in [6.45, 7) is 2.33. The molecule has 0 aliphatic carbocycles. The maximum absolute atomic E-state index is 12.6. The van der Waals surface area contributed by atoms with Crippen molar-refractivity contribution in [1.29, 1.82) is 5.26 Å². The van der Waals surface area contributed by atoms with Gasteiger partial charge in [0.05, 0.1) is 30.1 Å². The molecule has 1 amide bonds. The molecule has 2 N–H and O–H groups in total. The highest BCUT2D eigenvalue weighted by molar-refractivity contribution is 7.99. The monoisotopic (exact) mass is 421 g/mol. The number of rotatable bonds is 9. The second-order valence-corrected chi connectivity index (χ2v) is 8.41. The predicted molar refractivity (Wildman–Crippen MR) is 121 cm³/mol. The maximum Gasteiger partial charge on any atom is 0.238 e. The van der Waals surface area contributed by atoms with Gasteiger partial charge in [-0.1, -0.05) is 49.4 Å². The van der Waals surface area contributed by atoms with Gasteiger partial charge >= 0.3 is 0 Å². The number of nitrogens with one attached hydrogen (secondary N) is 2. The zero-order chi connectivity index (χ0) is 20.5. The van der Waals surface area contributed by atoms with Crippen LogP contribution in [0.4, 0.5) is 5.69 Å². The number of thiophene rings is 1. The number of thioether (sulfide) groups is 1. The second-order valence-electron chi connectivity index (χ2n) is 6.42. The minimum Gasteiger partial charge on any atom is -0.324 e. The van der Waals surface area contributed by atoms with Crippen LogP contribution in [0.3, 0.4) is 0 Å². The molecule has 0 saturated heterocycles. The number of anilines is 1. The van der Waals surface area contributed by atoms with Crippen LogP contribution in [-0.4, -0.2) is 18.2 Å². The fraction of sp³-hybridized carbons (Fsp3) is 0.217. The van der Waals surface area contributed by atoms with Gasteiger partial charge in [0.15, 0.2) is 0 Å². The number of nitriles is 1. The van der Waals surface area contributed by atoms with E-state index in [9.17, 15) is 4.79 Å². The van der Waals surface area contributed by atoms with Crippen molar-refractivity contribution < 1.29 is 4.79 Å². The third-order valence-electron chi connectivity index (χ3n) is 4.47. The molecule has 1 heterocycles. The molecule has 0 radical (unpaired) electrons. The third kappa shape index (κ3) is 5.94. The normalized spacial score (nSPS) is 11.6. The maximum atomic E-state index is 12.6. The van der Waals surface area contributed by atoms with Gasteiger partial charge in [-0.05, 0) is 41.1 Å². The van der Waals surface area contributed by atoms with Crippen LogP contribution in [0.1, 0.15) is 29.0 Å². The summed E-state index contributed by atoms with van der Waals surface area (Å²) >= 11 is 3.09. The summed E-state index contributed by atoms with van der Waals surface area (Å²) in [7, 11) is 0. The van der Waals surface area contributed by atoms with E-state index in [1.165, 1.54) is 22.2 Å². The summed E-state index contributed by atoms with van der Waals surface area (Å²) in [5, 5.41) is 17.2. The summed E-state index contributed by atoms with van der Waals surface area (Å²) < 4.78 is 0. The predicted octanol–water partition coefficient (Wildman–Crippen LogP) is 5.24. The van der Waals surface area contributed by atoms with Crippen LogP contribution in [0.5, 0.6) is 0 Å². The molecule has 0 saturated carbocycles. The Morgan fingerprint density at radius 2 is 1.93 bits per heavy atom. The minimum atomic E-state index is -0.109. The van der Waals surface area contributed by atoms with E-state index in [0.29, 0.717) is 5.75 Å². The third-order valence-corrected chi connectivity index (χ3v) is 6.35. The summed E-state index contributed by atoms with van der Waals surface area (Å²) in [5.41, 5.74) is 3.17. The lowest BCUT2D eigenvalue weighted by molar-refractivity contribution is -0.115. The van der Waals surface area contributed by atoms with E-state index in [0.717, 1.165) is 22.6 Å². The lowest BCUT2D eigenvalue weighted by atomic mass is 10.0.